The van der Waals surface area contributed by atoms with Crippen LogP contribution in [-0.4, -0.2) is 16.0 Å². The number of pyridine rings is 1. The average molecular weight is 354 g/mol. The first-order valence-corrected chi connectivity index (χ1v) is 6.51. The summed E-state index contributed by atoms with van der Waals surface area (Å²) < 4.78 is 7.35. The lowest BCUT2D eigenvalue weighted by Gasteiger charge is -2.02. The van der Waals surface area contributed by atoms with Crippen LogP contribution in [-0.2, 0) is 0 Å². The van der Waals surface area contributed by atoms with Crippen LogP contribution in [0.15, 0.2) is 48.8 Å². The molecule has 3 aromatic rings. The Morgan fingerprint density at radius 3 is 2.55 bits per heavy atom. The van der Waals surface area contributed by atoms with Crippen LogP contribution < -0.4 is 4.74 Å². The molecule has 0 unspecified atom stereocenters. The van der Waals surface area contributed by atoms with Gasteiger partial charge in [0.25, 0.3) is 0 Å². The average Bonchev–Trinajstić information content (AvgIpc) is 2.83. The largest absolute Gasteiger partial charge is 0.494 e. The second-order valence-corrected chi connectivity index (χ2v) is 4.63. The normalized spacial score (nSPS) is 10.3. The highest BCUT2D eigenvalue weighted by atomic mass is 79.9. The minimum atomic E-state index is 0. The predicted molar refractivity (Wildman–Crippen MR) is 87.1 cm³/mol. The lowest BCUT2D eigenvalue weighted by molar-refractivity contribution is 0.340. The number of halogens is 2. The van der Waals surface area contributed by atoms with Gasteiger partial charge in [-0.05, 0) is 43.3 Å². The third-order valence-corrected chi connectivity index (χ3v) is 3.10. The fourth-order valence-electron chi connectivity index (χ4n) is 1.99. The van der Waals surface area contributed by atoms with Gasteiger partial charge >= 0.3 is 0 Å². The lowest BCUT2D eigenvalue weighted by Crippen LogP contribution is -1.90. The number of fused-ring (bicyclic) bond motifs is 1. The maximum atomic E-state index is 5.96. The van der Waals surface area contributed by atoms with E-state index in [1.54, 1.807) is 0 Å². The smallest absolute Gasteiger partial charge is 0.137 e. The van der Waals surface area contributed by atoms with Crippen molar-refractivity contribution in [3.63, 3.8) is 0 Å². The molecule has 0 radical (unpaired) electrons. The summed E-state index contributed by atoms with van der Waals surface area (Å²) in [4.78, 5) is 4.56. The number of imidazole rings is 1. The lowest BCUT2D eigenvalue weighted by atomic mass is 10.2. The Kier molecular flexibility index (Phi) is 4.68. The highest BCUT2D eigenvalue weighted by molar-refractivity contribution is 8.93. The molecule has 0 atom stereocenters. The quantitative estimate of drug-likeness (QED) is 0.686. The van der Waals surface area contributed by atoms with Crippen LogP contribution in [0.2, 0.25) is 5.02 Å². The zero-order valence-electron chi connectivity index (χ0n) is 10.9. The SMILES string of the molecule is Br.CCOc1ccc(-c2cn3cc(Cl)ccc3n2)cc1. The van der Waals surface area contributed by atoms with Gasteiger partial charge in [-0.15, -0.1) is 17.0 Å². The van der Waals surface area contributed by atoms with Crippen molar-refractivity contribution >= 4 is 34.2 Å². The fourth-order valence-corrected chi connectivity index (χ4v) is 2.16. The summed E-state index contributed by atoms with van der Waals surface area (Å²) in [5.74, 6) is 0.873. The maximum absolute atomic E-state index is 5.96. The van der Waals surface area contributed by atoms with Crippen molar-refractivity contribution in [3.8, 4) is 17.0 Å². The first-order valence-electron chi connectivity index (χ1n) is 6.14. The number of rotatable bonds is 3. The number of ether oxygens (including phenoxy) is 1. The van der Waals surface area contributed by atoms with E-state index in [-0.39, 0.29) is 17.0 Å². The molecule has 104 valence electrons. The molecule has 0 aliphatic rings. The number of hydrogen-bond acceptors (Lipinski definition) is 2. The molecular formula is C15H14BrClN2O. The van der Waals surface area contributed by atoms with E-state index in [9.17, 15) is 0 Å². The van der Waals surface area contributed by atoms with Crippen LogP contribution in [0, 0.1) is 0 Å². The van der Waals surface area contributed by atoms with Gasteiger partial charge in [-0.3, -0.25) is 0 Å². The Bertz CT molecular complexity index is 709. The first kappa shape index (κ1) is 14.9. The van der Waals surface area contributed by atoms with Crippen molar-refractivity contribution in [1.82, 2.24) is 9.38 Å². The van der Waals surface area contributed by atoms with Gasteiger partial charge in [0.1, 0.15) is 11.4 Å². The second-order valence-electron chi connectivity index (χ2n) is 4.20. The van der Waals surface area contributed by atoms with E-state index >= 15 is 0 Å². The summed E-state index contributed by atoms with van der Waals surface area (Å²) in [6.45, 7) is 2.64. The summed E-state index contributed by atoms with van der Waals surface area (Å²) in [6, 6.07) is 11.7. The van der Waals surface area contributed by atoms with E-state index in [1.807, 2.05) is 60.1 Å². The van der Waals surface area contributed by atoms with Crippen molar-refractivity contribution in [3.05, 3.63) is 53.8 Å². The van der Waals surface area contributed by atoms with Crippen LogP contribution >= 0.6 is 28.6 Å². The molecule has 0 amide bonds. The number of nitrogens with zero attached hydrogens (tertiary/aromatic N) is 2. The Labute approximate surface area is 132 Å². The number of hydrogen-bond donors (Lipinski definition) is 0. The van der Waals surface area contributed by atoms with Crippen LogP contribution in [0.3, 0.4) is 0 Å². The zero-order valence-corrected chi connectivity index (χ0v) is 13.4. The molecule has 0 aliphatic carbocycles. The van der Waals surface area contributed by atoms with Gasteiger partial charge in [0, 0.05) is 18.0 Å². The summed E-state index contributed by atoms with van der Waals surface area (Å²) in [5.41, 5.74) is 2.86. The Morgan fingerprint density at radius 2 is 1.85 bits per heavy atom. The highest BCUT2D eigenvalue weighted by Gasteiger charge is 2.04. The standard InChI is InChI=1S/C15H13ClN2O.BrH/c1-2-19-13-6-3-11(4-7-13)14-10-18-9-12(16)5-8-15(18)17-14;/h3-10H,2H2,1H3;1H. The molecule has 5 heteroatoms. The van der Waals surface area contributed by atoms with Gasteiger partial charge in [0.15, 0.2) is 0 Å². The minimum Gasteiger partial charge on any atom is -0.494 e. The van der Waals surface area contributed by atoms with Gasteiger partial charge < -0.3 is 9.14 Å². The fraction of sp³-hybridized carbons (Fsp3) is 0.133. The topological polar surface area (TPSA) is 26.5 Å². The zero-order chi connectivity index (χ0) is 13.2. The van der Waals surface area contributed by atoms with Crippen molar-refractivity contribution in [2.75, 3.05) is 6.61 Å². The Hall–Kier alpha value is -1.52. The molecule has 0 saturated heterocycles. The molecule has 0 aliphatic heterocycles. The summed E-state index contributed by atoms with van der Waals surface area (Å²) >= 11 is 5.96. The molecular weight excluding hydrogens is 340 g/mol. The molecule has 0 N–H and O–H groups in total. The van der Waals surface area contributed by atoms with Gasteiger partial charge in [0.05, 0.1) is 17.3 Å². The third-order valence-electron chi connectivity index (χ3n) is 2.88. The summed E-state index contributed by atoms with van der Waals surface area (Å²) in [7, 11) is 0. The van der Waals surface area contributed by atoms with Crippen molar-refractivity contribution in [2.24, 2.45) is 0 Å². The van der Waals surface area contributed by atoms with Crippen LogP contribution in [0.1, 0.15) is 6.92 Å². The van der Waals surface area contributed by atoms with Crippen LogP contribution in [0.5, 0.6) is 5.75 Å². The first-order chi connectivity index (χ1) is 9.26. The van der Waals surface area contributed by atoms with E-state index < -0.39 is 0 Å². The summed E-state index contributed by atoms with van der Waals surface area (Å²) in [6.07, 6.45) is 3.82. The molecule has 0 bridgehead atoms. The van der Waals surface area contributed by atoms with Gasteiger partial charge in [-0.25, -0.2) is 4.98 Å². The maximum Gasteiger partial charge on any atom is 0.137 e. The van der Waals surface area contributed by atoms with Gasteiger partial charge in [-0.2, -0.15) is 0 Å². The van der Waals surface area contributed by atoms with Gasteiger partial charge in [0.2, 0.25) is 0 Å². The molecule has 2 aromatic heterocycles. The van der Waals surface area contributed by atoms with Crippen LogP contribution in [0.25, 0.3) is 16.9 Å². The predicted octanol–water partition coefficient (Wildman–Crippen LogP) is 4.63. The van der Waals surface area contributed by atoms with E-state index in [0.29, 0.717) is 11.6 Å². The monoisotopic (exact) mass is 352 g/mol. The summed E-state index contributed by atoms with van der Waals surface area (Å²) in [5, 5.41) is 0.697. The number of benzene rings is 1. The second kappa shape index (κ2) is 6.29. The highest BCUT2D eigenvalue weighted by Crippen LogP contribution is 2.23. The molecule has 20 heavy (non-hydrogen) atoms. The molecule has 3 rings (SSSR count). The van der Waals surface area contributed by atoms with Crippen molar-refractivity contribution < 1.29 is 4.74 Å². The molecule has 0 saturated carbocycles. The molecule has 3 nitrogen and oxygen atoms in total. The minimum absolute atomic E-state index is 0. The van der Waals surface area contributed by atoms with Crippen molar-refractivity contribution in [1.29, 1.82) is 0 Å². The molecule has 2 heterocycles. The van der Waals surface area contributed by atoms with E-state index in [2.05, 4.69) is 4.98 Å². The van der Waals surface area contributed by atoms with E-state index in [0.717, 1.165) is 22.7 Å². The third kappa shape index (κ3) is 2.97. The number of aromatic nitrogens is 2. The Morgan fingerprint density at radius 1 is 1.10 bits per heavy atom. The van der Waals surface area contributed by atoms with Crippen molar-refractivity contribution in [2.45, 2.75) is 6.92 Å². The molecule has 0 fully saturated rings. The molecule has 1 aromatic carbocycles. The van der Waals surface area contributed by atoms with Crippen LogP contribution in [0.4, 0.5) is 0 Å². The van der Waals surface area contributed by atoms with E-state index in [1.165, 1.54) is 0 Å². The Balaban J connectivity index is 0.00000147. The van der Waals surface area contributed by atoms with Gasteiger partial charge in [-0.1, -0.05) is 11.6 Å². The molecule has 0 spiro atoms. The van der Waals surface area contributed by atoms with E-state index in [4.69, 9.17) is 16.3 Å².